The van der Waals surface area contributed by atoms with E-state index in [2.05, 4.69) is 22.5 Å². The van der Waals surface area contributed by atoms with Gasteiger partial charge in [-0.15, -0.1) is 0 Å². The molecule has 1 aromatic rings. The molecule has 3 unspecified atom stereocenters. The summed E-state index contributed by atoms with van der Waals surface area (Å²) in [4.78, 5) is 29.9. The van der Waals surface area contributed by atoms with Crippen LogP contribution in [0.2, 0.25) is 0 Å². The zero-order valence-electron chi connectivity index (χ0n) is 12.2. The second-order valence-corrected chi connectivity index (χ2v) is 5.98. The van der Waals surface area contributed by atoms with E-state index in [1.54, 1.807) is 32.3 Å². The lowest BCUT2D eigenvalue weighted by Crippen LogP contribution is -2.27. The van der Waals surface area contributed by atoms with E-state index in [4.69, 9.17) is 0 Å². The standard InChI is InChI=1S/C16H19N3O2/c1-19(2)16(21)13-4-3-5-14(17-13)18-15(20)12-9-10-6-7-11(12)8-10/h3-7,10-12H,8-9H2,1-2H3,(H,17,18,20). The topological polar surface area (TPSA) is 62.3 Å². The number of allylic oxidation sites excluding steroid dienone is 2. The molecule has 3 atom stereocenters. The molecular weight excluding hydrogens is 266 g/mol. The zero-order valence-corrected chi connectivity index (χ0v) is 12.2. The Morgan fingerprint density at radius 2 is 2.05 bits per heavy atom. The second kappa shape index (κ2) is 5.31. The third kappa shape index (κ3) is 2.68. The number of nitrogens with zero attached hydrogens (tertiary/aromatic N) is 2. The van der Waals surface area contributed by atoms with E-state index >= 15 is 0 Å². The number of amides is 2. The van der Waals surface area contributed by atoms with Crippen LogP contribution in [-0.4, -0.2) is 35.8 Å². The van der Waals surface area contributed by atoms with Crippen LogP contribution in [0.5, 0.6) is 0 Å². The molecule has 5 heteroatoms. The Hall–Kier alpha value is -2.17. The summed E-state index contributed by atoms with van der Waals surface area (Å²) >= 11 is 0. The summed E-state index contributed by atoms with van der Waals surface area (Å²) in [5.74, 6) is 1.24. The first-order chi connectivity index (χ1) is 10.0. The molecule has 2 amide bonds. The fourth-order valence-corrected chi connectivity index (χ4v) is 3.15. The number of rotatable bonds is 3. The van der Waals surface area contributed by atoms with Gasteiger partial charge in [0.2, 0.25) is 5.91 Å². The van der Waals surface area contributed by atoms with Gasteiger partial charge < -0.3 is 10.2 Å². The molecular formula is C16H19N3O2. The van der Waals surface area contributed by atoms with Crippen molar-refractivity contribution in [3.63, 3.8) is 0 Å². The van der Waals surface area contributed by atoms with Gasteiger partial charge in [-0.2, -0.15) is 0 Å². The van der Waals surface area contributed by atoms with Crippen molar-refractivity contribution in [1.82, 2.24) is 9.88 Å². The predicted molar refractivity (Wildman–Crippen MR) is 79.7 cm³/mol. The average molecular weight is 285 g/mol. The highest BCUT2D eigenvalue weighted by Crippen LogP contribution is 2.43. The van der Waals surface area contributed by atoms with Crippen LogP contribution in [0.15, 0.2) is 30.4 Å². The van der Waals surface area contributed by atoms with Crippen molar-refractivity contribution < 1.29 is 9.59 Å². The quantitative estimate of drug-likeness (QED) is 0.863. The maximum Gasteiger partial charge on any atom is 0.272 e. The summed E-state index contributed by atoms with van der Waals surface area (Å²) in [5, 5.41) is 2.85. The van der Waals surface area contributed by atoms with Crippen LogP contribution in [0, 0.1) is 17.8 Å². The van der Waals surface area contributed by atoms with Gasteiger partial charge in [0.05, 0.1) is 0 Å². The Labute approximate surface area is 124 Å². The number of carbonyl (C=O) groups is 2. The monoisotopic (exact) mass is 285 g/mol. The van der Waals surface area contributed by atoms with Crippen LogP contribution in [0.3, 0.4) is 0 Å². The molecule has 5 nitrogen and oxygen atoms in total. The van der Waals surface area contributed by atoms with E-state index in [0.29, 0.717) is 23.3 Å². The molecule has 1 heterocycles. The first kappa shape index (κ1) is 13.8. The van der Waals surface area contributed by atoms with E-state index in [9.17, 15) is 9.59 Å². The molecule has 1 aromatic heterocycles. The van der Waals surface area contributed by atoms with E-state index in [1.807, 2.05) is 0 Å². The fraction of sp³-hybridized carbons (Fsp3) is 0.438. The van der Waals surface area contributed by atoms with Gasteiger partial charge in [0, 0.05) is 20.0 Å². The summed E-state index contributed by atoms with van der Waals surface area (Å²) in [6.45, 7) is 0. The van der Waals surface area contributed by atoms with Gasteiger partial charge in [-0.3, -0.25) is 9.59 Å². The van der Waals surface area contributed by atoms with Gasteiger partial charge in [0.1, 0.15) is 11.5 Å². The SMILES string of the molecule is CN(C)C(=O)c1cccc(NC(=O)C2CC3C=CC2C3)n1. The lowest BCUT2D eigenvalue weighted by Gasteiger charge is -2.17. The number of hydrogen-bond acceptors (Lipinski definition) is 3. The van der Waals surface area contributed by atoms with Gasteiger partial charge in [0.25, 0.3) is 5.91 Å². The van der Waals surface area contributed by atoms with Crippen LogP contribution < -0.4 is 5.32 Å². The molecule has 0 saturated heterocycles. The number of nitrogens with one attached hydrogen (secondary N) is 1. The molecule has 2 aliphatic carbocycles. The van der Waals surface area contributed by atoms with Crippen molar-refractivity contribution in [1.29, 1.82) is 0 Å². The van der Waals surface area contributed by atoms with Crippen molar-refractivity contribution in [3.8, 4) is 0 Å². The fourth-order valence-electron chi connectivity index (χ4n) is 3.15. The molecule has 1 fully saturated rings. The molecule has 1 saturated carbocycles. The molecule has 2 aliphatic rings. The van der Waals surface area contributed by atoms with Crippen molar-refractivity contribution in [2.45, 2.75) is 12.8 Å². The Kier molecular flexibility index (Phi) is 3.49. The number of fused-ring (bicyclic) bond motifs is 2. The predicted octanol–water partition coefficient (Wildman–Crippen LogP) is 1.93. The molecule has 3 rings (SSSR count). The van der Waals surface area contributed by atoms with Crippen molar-refractivity contribution in [2.24, 2.45) is 17.8 Å². The maximum absolute atomic E-state index is 12.3. The molecule has 21 heavy (non-hydrogen) atoms. The van der Waals surface area contributed by atoms with Crippen molar-refractivity contribution >= 4 is 17.6 Å². The summed E-state index contributed by atoms with van der Waals surface area (Å²) in [7, 11) is 3.35. The third-order valence-electron chi connectivity index (χ3n) is 4.24. The van der Waals surface area contributed by atoms with Crippen molar-refractivity contribution in [3.05, 3.63) is 36.0 Å². The number of carbonyl (C=O) groups excluding carboxylic acids is 2. The lowest BCUT2D eigenvalue weighted by molar-refractivity contribution is -0.120. The molecule has 0 aromatic carbocycles. The molecule has 0 radical (unpaired) electrons. The van der Waals surface area contributed by atoms with Gasteiger partial charge >= 0.3 is 0 Å². The van der Waals surface area contributed by atoms with Crippen LogP contribution in [0.4, 0.5) is 5.82 Å². The number of hydrogen-bond donors (Lipinski definition) is 1. The highest BCUT2D eigenvalue weighted by molar-refractivity contribution is 5.95. The average Bonchev–Trinajstić information content (AvgIpc) is 3.09. The molecule has 0 aliphatic heterocycles. The second-order valence-electron chi connectivity index (χ2n) is 5.98. The van der Waals surface area contributed by atoms with Gasteiger partial charge in [0.15, 0.2) is 0 Å². The van der Waals surface area contributed by atoms with Crippen LogP contribution in [0.1, 0.15) is 23.3 Å². The van der Waals surface area contributed by atoms with Crippen molar-refractivity contribution in [2.75, 3.05) is 19.4 Å². The molecule has 110 valence electrons. The zero-order chi connectivity index (χ0) is 15.0. The smallest absolute Gasteiger partial charge is 0.272 e. The summed E-state index contributed by atoms with van der Waals surface area (Å²) < 4.78 is 0. The minimum Gasteiger partial charge on any atom is -0.343 e. The Balaban J connectivity index is 1.70. The Bertz CT molecular complexity index is 609. The maximum atomic E-state index is 12.3. The summed E-state index contributed by atoms with van der Waals surface area (Å²) in [6, 6.07) is 5.10. The van der Waals surface area contributed by atoms with E-state index in [0.717, 1.165) is 12.8 Å². The molecule has 1 N–H and O–H groups in total. The summed E-state index contributed by atoms with van der Waals surface area (Å²) in [5.41, 5.74) is 0.339. The Morgan fingerprint density at radius 3 is 2.67 bits per heavy atom. The van der Waals surface area contributed by atoms with Gasteiger partial charge in [-0.1, -0.05) is 18.2 Å². The first-order valence-electron chi connectivity index (χ1n) is 7.22. The van der Waals surface area contributed by atoms with Crippen LogP contribution >= 0.6 is 0 Å². The van der Waals surface area contributed by atoms with Crippen LogP contribution in [0.25, 0.3) is 0 Å². The highest BCUT2D eigenvalue weighted by atomic mass is 16.2. The lowest BCUT2D eigenvalue weighted by atomic mass is 9.93. The van der Waals surface area contributed by atoms with Gasteiger partial charge in [-0.25, -0.2) is 4.98 Å². The van der Waals surface area contributed by atoms with Crippen LogP contribution in [-0.2, 0) is 4.79 Å². The molecule has 0 spiro atoms. The highest BCUT2D eigenvalue weighted by Gasteiger charge is 2.39. The first-order valence-corrected chi connectivity index (χ1v) is 7.22. The Morgan fingerprint density at radius 1 is 1.24 bits per heavy atom. The minimum absolute atomic E-state index is 0.00815. The normalized spacial score (nSPS) is 25.9. The van der Waals surface area contributed by atoms with E-state index in [1.165, 1.54) is 4.90 Å². The minimum atomic E-state index is -0.172. The molecule has 2 bridgehead atoms. The number of anilines is 1. The summed E-state index contributed by atoms with van der Waals surface area (Å²) in [6.07, 6.45) is 6.37. The number of pyridine rings is 1. The van der Waals surface area contributed by atoms with E-state index < -0.39 is 0 Å². The third-order valence-corrected chi connectivity index (χ3v) is 4.24. The largest absolute Gasteiger partial charge is 0.343 e. The van der Waals surface area contributed by atoms with Gasteiger partial charge in [-0.05, 0) is 36.8 Å². The van der Waals surface area contributed by atoms with E-state index in [-0.39, 0.29) is 17.7 Å². The number of aromatic nitrogens is 1.